The van der Waals surface area contributed by atoms with Gasteiger partial charge in [0.1, 0.15) is 7.85 Å². The second kappa shape index (κ2) is 7.16. The van der Waals surface area contributed by atoms with E-state index in [4.69, 9.17) is 0 Å². The lowest BCUT2D eigenvalue weighted by molar-refractivity contribution is 1.26. The molecule has 3 aromatic rings. The van der Waals surface area contributed by atoms with Crippen molar-refractivity contribution >= 4 is 62.2 Å². The van der Waals surface area contributed by atoms with Crippen LogP contribution in [-0.2, 0) is 0 Å². The summed E-state index contributed by atoms with van der Waals surface area (Å²) in [6.45, 7) is 4.28. The van der Waals surface area contributed by atoms with Crippen molar-refractivity contribution in [2.45, 2.75) is 13.8 Å². The Morgan fingerprint density at radius 2 is 1.25 bits per heavy atom. The van der Waals surface area contributed by atoms with Gasteiger partial charge in [0.25, 0.3) is 0 Å². The normalized spacial score (nSPS) is 10.7. The van der Waals surface area contributed by atoms with Crippen LogP contribution in [0.1, 0.15) is 11.1 Å². The van der Waals surface area contributed by atoms with Crippen LogP contribution in [0.2, 0.25) is 0 Å². The first kappa shape index (κ1) is 17.3. The lowest BCUT2D eigenvalue weighted by Gasteiger charge is -2.26. The summed E-state index contributed by atoms with van der Waals surface area (Å²) in [5.74, 6) is 0. The molecule has 0 N–H and O–H groups in total. The maximum atomic E-state index is 3.60. The van der Waals surface area contributed by atoms with Crippen molar-refractivity contribution in [1.29, 1.82) is 0 Å². The van der Waals surface area contributed by atoms with Gasteiger partial charge in [0.15, 0.2) is 0 Å². The maximum absolute atomic E-state index is 3.60. The van der Waals surface area contributed by atoms with E-state index < -0.39 is 0 Å². The highest BCUT2D eigenvalue weighted by molar-refractivity contribution is 9.10. The average Bonchev–Trinajstić information content (AvgIpc) is 2.56. The summed E-state index contributed by atoms with van der Waals surface area (Å²) in [5.41, 5.74) is 7.29. The van der Waals surface area contributed by atoms with Gasteiger partial charge < -0.3 is 4.90 Å². The Morgan fingerprint density at radius 1 is 0.708 bits per heavy atom. The molecule has 3 rings (SSSR count). The average molecular weight is 443 g/mol. The fourth-order valence-corrected chi connectivity index (χ4v) is 3.18. The van der Waals surface area contributed by atoms with Crippen LogP contribution < -0.4 is 10.4 Å². The van der Waals surface area contributed by atoms with Crippen LogP contribution in [0.15, 0.2) is 69.6 Å². The Bertz CT molecular complexity index is 824. The molecule has 0 fully saturated rings. The van der Waals surface area contributed by atoms with E-state index in [-0.39, 0.29) is 0 Å². The molecule has 4 heteroatoms. The van der Waals surface area contributed by atoms with E-state index in [9.17, 15) is 0 Å². The second-order valence-corrected chi connectivity index (χ2v) is 7.78. The molecule has 120 valence electrons. The summed E-state index contributed by atoms with van der Waals surface area (Å²) in [4.78, 5) is 2.29. The van der Waals surface area contributed by atoms with Crippen molar-refractivity contribution < 1.29 is 0 Å². The van der Waals surface area contributed by atoms with Gasteiger partial charge >= 0.3 is 0 Å². The van der Waals surface area contributed by atoms with Gasteiger partial charge in [0.05, 0.1) is 0 Å². The molecular weight excluding hydrogens is 425 g/mol. The van der Waals surface area contributed by atoms with Crippen LogP contribution >= 0.6 is 31.9 Å². The molecule has 0 aliphatic heterocycles. The predicted molar refractivity (Wildman–Crippen MR) is 114 cm³/mol. The number of halogens is 2. The number of rotatable bonds is 3. The highest BCUT2D eigenvalue weighted by Crippen LogP contribution is 2.36. The summed E-state index contributed by atoms with van der Waals surface area (Å²) in [7, 11) is 2.15. The van der Waals surface area contributed by atoms with Gasteiger partial charge in [-0.05, 0) is 74.0 Å². The Balaban J connectivity index is 2.17. The molecule has 0 atom stereocenters. The van der Waals surface area contributed by atoms with Crippen molar-refractivity contribution in [3.05, 3.63) is 80.7 Å². The molecule has 0 heterocycles. The van der Waals surface area contributed by atoms with Crippen LogP contribution in [0.4, 0.5) is 17.1 Å². The molecule has 0 aromatic heterocycles. The van der Waals surface area contributed by atoms with Gasteiger partial charge in [-0.25, -0.2) is 0 Å². The quantitative estimate of drug-likeness (QED) is 0.480. The lowest BCUT2D eigenvalue weighted by atomic mass is 9.91. The van der Waals surface area contributed by atoms with E-state index in [1.165, 1.54) is 22.3 Å². The van der Waals surface area contributed by atoms with Crippen molar-refractivity contribution in [2.24, 2.45) is 0 Å². The number of anilines is 3. The fraction of sp³-hybridized carbons (Fsp3) is 0.100. The van der Waals surface area contributed by atoms with Crippen LogP contribution in [0, 0.1) is 13.8 Å². The zero-order valence-electron chi connectivity index (χ0n) is 14.0. The van der Waals surface area contributed by atoms with Gasteiger partial charge in [-0.3, -0.25) is 0 Å². The molecule has 0 amide bonds. The van der Waals surface area contributed by atoms with Crippen molar-refractivity contribution in [3.8, 4) is 0 Å². The third-order valence-electron chi connectivity index (χ3n) is 4.23. The van der Waals surface area contributed by atoms with E-state index in [2.05, 4.69) is 119 Å². The number of hydrogen-bond acceptors (Lipinski definition) is 1. The zero-order valence-corrected chi connectivity index (χ0v) is 17.1. The first-order valence-corrected chi connectivity index (χ1v) is 9.43. The molecule has 3 aromatic carbocycles. The van der Waals surface area contributed by atoms with Crippen LogP contribution in [-0.4, -0.2) is 7.85 Å². The number of aryl methyl sites for hydroxylation is 2. The SMILES string of the molecule is Bc1ccc(N(c2ccc(Br)cc2)c2ccc(Br)c(C)c2)cc1C. The third kappa shape index (κ3) is 3.60. The number of nitrogens with zero attached hydrogens (tertiary/aromatic N) is 1. The van der Waals surface area contributed by atoms with Crippen LogP contribution in [0.25, 0.3) is 0 Å². The zero-order chi connectivity index (χ0) is 17.3. The molecule has 0 radical (unpaired) electrons. The predicted octanol–water partition coefficient (Wildman–Crippen LogP) is 5.56. The number of hydrogen-bond donors (Lipinski definition) is 0. The smallest absolute Gasteiger partial charge is 0.139 e. The molecule has 24 heavy (non-hydrogen) atoms. The minimum Gasteiger partial charge on any atom is -0.310 e. The molecule has 0 bridgehead atoms. The monoisotopic (exact) mass is 441 g/mol. The maximum Gasteiger partial charge on any atom is 0.139 e. The van der Waals surface area contributed by atoms with Gasteiger partial charge in [-0.1, -0.05) is 49.0 Å². The van der Waals surface area contributed by atoms with Gasteiger partial charge in [-0.15, -0.1) is 0 Å². The van der Waals surface area contributed by atoms with Crippen molar-refractivity contribution in [2.75, 3.05) is 4.90 Å². The van der Waals surface area contributed by atoms with Crippen molar-refractivity contribution in [3.63, 3.8) is 0 Å². The van der Waals surface area contributed by atoms with Gasteiger partial charge in [-0.2, -0.15) is 0 Å². The van der Waals surface area contributed by atoms with Gasteiger partial charge in [0, 0.05) is 26.0 Å². The first-order valence-electron chi connectivity index (χ1n) is 7.85. The van der Waals surface area contributed by atoms with E-state index in [0.29, 0.717) is 0 Å². The Morgan fingerprint density at radius 3 is 1.83 bits per heavy atom. The Hall–Kier alpha value is -1.52. The van der Waals surface area contributed by atoms with Crippen LogP contribution in [0.3, 0.4) is 0 Å². The number of benzene rings is 3. The Labute approximate surface area is 161 Å². The minimum atomic E-state index is 1.08. The largest absolute Gasteiger partial charge is 0.310 e. The first-order chi connectivity index (χ1) is 11.5. The standard InChI is InChI=1S/C20H18BBr2N/c1-13-11-17(7-9-19(13)21)24(16-5-3-15(22)4-6-16)18-8-10-20(23)14(2)12-18/h3-12H,21H2,1-2H3. The molecule has 0 saturated heterocycles. The summed E-state index contributed by atoms with van der Waals surface area (Å²) in [6, 6.07) is 21.5. The van der Waals surface area contributed by atoms with E-state index in [0.717, 1.165) is 20.3 Å². The molecular formula is C20H18BBr2N. The molecule has 0 aliphatic rings. The van der Waals surface area contributed by atoms with E-state index >= 15 is 0 Å². The second-order valence-electron chi connectivity index (χ2n) is 6.01. The van der Waals surface area contributed by atoms with Gasteiger partial charge in [0.2, 0.25) is 0 Å². The van der Waals surface area contributed by atoms with Crippen molar-refractivity contribution in [1.82, 2.24) is 0 Å². The topological polar surface area (TPSA) is 3.24 Å². The highest BCUT2D eigenvalue weighted by Gasteiger charge is 2.13. The molecule has 0 aliphatic carbocycles. The highest BCUT2D eigenvalue weighted by atomic mass is 79.9. The van der Waals surface area contributed by atoms with E-state index in [1.54, 1.807) is 0 Å². The Kier molecular flexibility index (Phi) is 5.16. The fourth-order valence-electron chi connectivity index (χ4n) is 2.67. The summed E-state index contributed by atoms with van der Waals surface area (Å²) < 4.78 is 2.21. The van der Waals surface area contributed by atoms with E-state index in [1.807, 2.05) is 0 Å². The summed E-state index contributed by atoms with van der Waals surface area (Å²) in [6.07, 6.45) is 0. The lowest BCUT2D eigenvalue weighted by Crippen LogP contribution is -2.13. The summed E-state index contributed by atoms with van der Waals surface area (Å²) >= 11 is 7.12. The minimum absolute atomic E-state index is 1.08. The molecule has 0 saturated carbocycles. The third-order valence-corrected chi connectivity index (χ3v) is 5.65. The van der Waals surface area contributed by atoms with Crippen LogP contribution in [0.5, 0.6) is 0 Å². The molecule has 1 nitrogen and oxygen atoms in total. The molecule has 0 unspecified atom stereocenters. The molecule has 0 spiro atoms. The summed E-state index contributed by atoms with van der Waals surface area (Å²) in [5, 5.41) is 0.